The summed E-state index contributed by atoms with van der Waals surface area (Å²) in [6.45, 7) is 0.881. The highest BCUT2D eigenvalue weighted by molar-refractivity contribution is 9.10. The topological polar surface area (TPSA) is 50.8 Å². The van der Waals surface area contributed by atoms with Gasteiger partial charge in [0.2, 0.25) is 5.91 Å². The number of likely N-dealkylation sites (N-methyl/N-ethyl adjacent to an activating group) is 1. The van der Waals surface area contributed by atoms with Crippen molar-refractivity contribution in [2.45, 2.75) is 12.5 Å². The third kappa shape index (κ3) is 6.35. The van der Waals surface area contributed by atoms with Crippen LogP contribution in [0.2, 0.25) is 0 Å². The highest BCUT2D eigenvalue weighted by Gasteiger charge is 2.15. The van der Waals surface area contributed by atoms with E-state index in [0.29, 0.717) is 19.6 Å². The Hall–Kier alpha value is -2.05. The van der Waals surface area contributed by atoms with E-state index in [9.17, 15) is 4.79 Å². The minimum atomic E-state index is -0.0274. The lowest BCUT2D eigenvalue weighted by Crippen LogP contribution is -2.35. The maximum atomic E-state index is 12.1. The van der Waals surface area contributed by atoms with Gasteiger partial charge in [0.15, 0.2) is 0 Å². The first-order valence-electron chi connectivity index (χ1n) is 8.45. The van der Waals surface area contributed by atoms with Crippen LogP contribution in [0, 0.1) is 0 Å². The van der Waals surface area contributed by atoms with Crippen molar-refractivity contribution >= 4 is 21.8 Å². The molecule has 0 aliphatic heterocycles. The van der Waals surface area contributed by atoms with Gasteiger partial charge in [-0.15, -0.1) is 0 Å². The number of carbonyl (C=O) groups is 1. The van der Waals surface area contributed by atoms with Gasteiger partial charge >= 0.3 is 0 Å². The van der Waals surface area contributed by atoms with Gasteiger partial charge in [0.1, 0.15) is 11.5 Å². The summed E-state index contributed by atoms with van der Waals surface area (Å²) in [5.74, 6) is 1.54. The van der Waals surface area contributed by atoms with Gasteiger partial charge in [-0.2, -0.15) is 0 Å². The van der Waals surface area contributed by atoms with Gasteiger partial charge in [-0.05, 0) is 50.0 Å². The predicted octanol–water partition coefficient (Wildman–Crippen LogP) is 3.65. The molecule has 1 atom stereocenters. The maximum Gasteiger partial charge on any atom is 0.223 e. The van der Waals surface area contributed by atoms with Crippen molar-refractivity contribution in [3.8, 4) is 11.5 Å². The molecule has 2 rings (SSSR count). The van der Waals surface area contributed by atoms with Gasteiger partial charge < -0.3 is 19.7 Å². The van der Waals surface area contributed by atoms with Crippen molar-refractivity contribution in [1.82, 2.24) is 10.2 Å². The quantitative estimate of drug-likeness (QED) is 0.672. The third-order valence-corrected chi connectivity index (χ3v) is 4.50. The zero-order chi connectivity index (χ0) is 18.9. The molecule has 0 bridgehead atoms. The van der Waals surface area contributed by atoms with E-state index in [0.717, 1.165) is 21.5 Å². The summed E-state index contributed by atoms with van der Waals surface area (Å²) in [5, 5.41) is 2.99. The van der Waals surface area contributed by atoms with Crippen LogP contribution in [0.1, 0.15) is 18.0 Å². The van der Waals surface area contributed by atoms with E-state index in [1.807, 2.05) is 62.6 Å². The molecular formula is C20H25BrN2O3. The zero-order valence-corrected chi connectivity index (χ0v) is 17.0. The molecule has 0 radical (unpaired) electrons. The van der Waals surface area contributed by atoms with E-state index in [2.05, 4.69) is 26.1 Å². The minimum Gasteiger partial charge on any atom is -0.497 e. The number of benzene rings is 2. The van der Waals surface area contributed by atoms with Crippen LogP contribution in [0.5, 0.6) is 11.5 Å². The second kappa shape index (κ2) is 10.2. The van der Waals surface area contributed by atoms with Gasteiger partial charge in [-0.25, -0.2) is 0 Å². The Balaban J connectivity index is 1.81. The lowest BCUT2D eigenvalue weighted by Gasteiger charge is -2.25. The summed E-state index contributed by atoms with van der Waals surface area (Å²) >= 11 is 3.40. The number of nitrogens with one attached hydrogen (secondary N) is 1. The van der Waals surface area contributed by atoms with E-state index in [-0.39, 0.29) is 11.9 Å². The first-order chi connectivity index (χ1) is 12.5. The smallest absolute Gasteiger partial charge is 0.223 e. The van der Waals surface area contributed by atoms with Crippen molar-refractivity contribution < 1.29 is 14.3 Å². The molecule has 0 saturated carbocycles. The van der Waals surface area contributed by atoms with Crippen LogP contribution >= 0.6 is 15.9 Å². The van der Waals surface area contributed by atoms with Gasteiger partial charge in [-0.3, -0.25) is 4.79 Å². The summed E-state index contributed by atoms with van der Waals surface area (Å²) < 4.78 is 11.8. The molecule has 1 amide bonds. The molecule has 0 aromatic heterocycles. The summed E-state index contributed by atoms with van der Waals surface area (Å²) in [6.07, 6.45) is 0.315. The van der Waals surface area contributed by atoms with Crippen LogP contribution in [0.25, 0.3) is 0 Å². The number of halogens is 1. The van der Waals surface area contributed by atoms with Crippen molar-refractivity contribution in [2.24, 2.45) is 0 Å². The highest BCUT2D eigenvalue weighted by Crippen LogP contribution is 2.21. The molecule has 2 aromatic carbocycles. The zero-order valence-electron chi connectivity index (χ0n) is 15.4. The van der Waals surface area contributed by atoms with Crippen molar-refractivity contribution in [3.05, 3.63) is 58.6 Å². The van der Waals surface area contributed by atoms with Gasteiger partial charge in [0.25, 0.3) is 0 Å². The highest BCUT2D eigenvalue weighted by atomic mass is 79.9. The fraction of sp³-hybridized carbons (Fsp3) is 0.350. The summed E-state index contributed by atoms with van der Waals surface area (Å²) in [6, 6.07) is 15.6. The third-order valence-electron chi connectivity index (χ3n) is 4.01. The van der Waals surface area contributed by atoms with Crippen LogP contribution in [-0.4, -0.2) is 45.2 Å². The molecule has 0 saturated heterocycles. The Bertz CT molecular complexity index is 704. The number of hydrogen-bond donors (Lipinski definition) is 1. The molecule has 5 nitrogen and oxygen atoms in total. The molecule has 1 unspecified atom stereocenters. The van der Waals surface area contributed by atoms with Crippen molar-refractivity contribution in [1.29, 1.82) is 0 Å². The molecule has 6 heteroatoms. The van der Waals surface area contributed by atoms with Crippen LogP contribution in [0.3, 0.4) is 0 Å². The number of ether oxygens (including phenoxy) is 2. The van der Waals surface area contributed by atoms with Crippen LogP contribution in [0.4, 0.5) is 0 Å². The first-order valence-corrected chi connectivity index (χ1v) is 9.24. The molecule has 0 aliphatic rings. The Morgan fingerprint density at radius 3 is 2.50 bits per heavy atom. The fourth-order valence-electron chi connectivity index (χ4n) is 2.54. The fourth-order valence-corrected chi connectivity index (χ4v) is 2.92. The average molecular weight is 421 g/mol. The Kier molecular flexibility index (Phi) is 7.94. The lowest BCUT2D eigenvalue weighted by atomic mass is 10.1. The van der Waals surface area contributed by atoms with Gasteiger partial charge in [-0.1, -0.05) is 34.1 Å². The molecule has 140 valence electrons. The number of rotatable bonds is 9. The van der Waals surface area contributed by atoms with Crippen LogP contribution < -0.4 is 14.8 Å². The molecule has 0 spiro atoms. The predicted molar refractivity (Wildman–Crippen MR) is 107 cm³/mol. The average Bonchev–Trinajstić information content (AvgIpc) is 2.62. The molecule has 0 aliphatic carbocycles. The SMILES string of the molecule is COc1ccc(C(CNC(=O)CCOc2cccc(Br)c2)N(C)C)cc1. The molecule has 2 aromatic rings. The Morgan fingerprint density at radius 2 is 1.88 bits per heavy atom. The normalized spacial score (nSPS) is 11.9. The van der Waals surface area contributed by atoms with Crippen molar-refractivity contribution in [2.75, 3.05) is 34.4 Å². The maximum absolute atomic E-state index is 12.1. The minimum absolute atomic E-state index is 0.0274. The van der Waals surface area contributed by atoms with Crippen LogP contribution in [0.15, 0.2) is 53.0 Å². The summed E-state index contributed by atoms with van der Waals surface area (Å²) in [4.78, 5) is 14.2. The Morgan fingerprint density at radius 1 is 1.15 bits per heavy atom. The van der Waals surface area contributed by atoms with E-state index in [1.54, 1.807) is 7.11 Å². The van der Waals surface area contributed by atoms with E-state index >= 15 is 0 Å². The van der Waals surface area contributed by atoms with Crippen LogP contribution in [-0.2, 0) is 4.79 Å². The number of hydrogen-bond acceptors (Lipinski definition) is 4. The monoisotopic (exact) mass is 420 g/mol. The summed E-state index contributed by atoms with van der Waals surface area (Å²) in [7, 11) is 5.64. The number of nitrogens with zero attached hydrogens (tertiary/aromatic N) is 1. The largest absolute Gasteiger partial charge is 0.497 e. The number of amides is 1. The lowest BCUT2D eigenvalue weighted by molar-refractivity contribution is -0.121. The van der Waals surface area contributed by atoms with E-state index in [4.69, 9.17) is 9.47 Å². The summed E-state index contributed by atoms with van der Waals surface area (Å²) in [5.41, 5.74) is 1.13. The molecule has 0 heterocycles. The first kappa shape index (κ1) is 20.3. The molecule has 26 heavy (non-hydrogen) atoms. The standard InChI is InChI=1S/C20H25BrN2O3/c1-23(2)19(15-7-9-17(25-3)10-8-15)14-22-20(24)11-12-26-18-6-4-5-16(21)13-18/h4-10,13,19H,11-12,14H2,1-3H3,(H,22,24). The molecular weight excluding hydrogens is 396 g/mol. The van der Waals surface area contributed by atoms with Gasteiger partial charge in [0.05, 0.1) is 26.2 Å². The molecule has 1 N–H and O–H groups in total. The van der Waals surface area contributed by atoms with E-state index < -0.39 is 0 Å². The molecule has 0 fully saturated rings. The number of methoxy groups -OCH3 is 1. The van der Waals surface area contributed by atoms with Crippen molar-refractivity contribution in [3.63, 3.8) is 0 Å². The number of carbonyl (C=O) groups excluding carboxylic acids is 1. The second-order valence-electron chi connectivity index (χ2n) is 6.11. The van der Waals surface area contributed by atoms with E-state index in [1.165, 1.54) is 0 Å². The van der Waals surface area contributed by atoms with Gasteiger partial charge in [0, 0.05) is 11.0 Å². The second-order valence-corrected chi connectivity index (χ2v) is 7.03. The Labute approximate surface area is 163 Å².